The molecule has 0 spiro atoms. The molecule has 1 atom stereocenters. The predicted octanol–water partition coefficient (Wildman–Crippen LogP) is 0.606. The Balaban J connectivity index is 2.00. The molecule has 0 aromatic heterocycles. The number of aryl methyl sites for hydroxylation is 2. The van der Waals surface area contributed by atoms with Crippen molar-refractivity contribution < 1.29 is 27.5 Å². The number of nitrogens with one attached hydrogen (secondary N) is 2. The minimum absolute atomic E-state index is 0.0767. The Bertz CT molecular complexity index is 866. The molecule has 1 aromatic rings. The van der Waals surface area contributed by atoms with Gasteiger partial charge in [-0.15, -0.1) is 0 Å². The second-order valence-electron chi connectivity index (χ2n) is 6.97. The number of primary amides is 1. The number of amides is 3. The Morgan fingerprint density at radius 2 is 1.79 bits per heavy atom. The number of benzene rings is 1. The van der Waals surface area contributed by atoms with E-state index in [9.17, 15) is 22.8 Å². The Kier molecular flexibility index (Phi) is 7.14. The number of hydrogen-bond donors (Lipinski definition) is 3. The Hall–Kier alpha value is -2.46. The molecule has 154 valence electrons. The molecule has 0 aliphatic heterocycles. The summed E-state index contributed by atoms with van der Waals surface area (Å²) in [6, 6.07) is 3.86. The van der Waals surface area contributed by atoms with Crippen molar-refractivity contribution in [2.24, 2.45) is 11.7 Å². The van der Waals surface area contributed by atoms with E-state index in [4.69, 9.17) is 10.5 Å². The molecule has 10 heteroatoms. The van der Waals surface area contributed by atoms with Gasteiger partial charge in [-0.25, -0.2) is 13.2 Å². The van der Waals surface area contributed by atoms with Crippen LogP contribution in [0.1, 0.15) is 37.8 Å². The molecule has 4 N–H and O–H groups in total. The van der Waals surface area contributed by atoms with Crippen LogP contribution in [0.15, 0.2) is 23.1 Å². The number of hydrogen-bond acceptors (Lipinski definition) is 6. The van der Waals surface area contributed by atoms with E-state index < -0.39 is 46.5 Å². The van der Waals surface area contributed by atoms with E-state index in [1.165, 1.54) is 6.07 Å². The molecular formula is C18H25N3O6S. The average molecular weight is 411 g/mol. The maximum atomic E-state index is 12.5. The largest absolute Gasteiger partial charge is 0.451 e. The number of fused-ring (bicyclic) bond motifs is 1. The van der Waals surface area contributed by atoms with Gasteiger partial charge >= 0.3 is 12.0 Å². The third-order valence-electron chi connectivity index (χ3n) is 4.41. The highest BCUT2D eigenvalue weighted by atomic mass is 32.2. The topological polar surface area (TPSA) is 145 Å². The molecule has 3 amide bonds. The molecule has 0 unspecified atom stereocenters. The van der Waals surface area contributed by atoms with E-state index in [0.29, 0.717) is 0 Å². The minimum Gasteiger partial charge on any atom is -0.451 e. The van der Waals surface area contributed by atoms with E-state index in [1.54, 1.807) is 26.0 Å². The molecule has 1 aliphatic rings. The van der Waals surface area contributed by atoms with E-state index >= 15 is 0 Å². The fraction of sp³-hybridized carbons (Fsp3) is 0.500. The lowest BCUT2D eigenvalue weighted by molar-refractivity contribution is -0.157. The summed E-state index contributed by atoms with van der Waals surface area (Å²) < 4.78 is 32.1. The van der Waals surface area contributed by atoms with E-state index in [0.717, 1.165) is 36.8 Å². The molecule has 1 aliphatic carbocycles. The van der Waals surface area contributed by atoms with Crippen LogP contribution in [0.25, 0.3) is 0 Å². The lowest BCUT2D eigenvalue weighted by atomic mass is 9.92. The van der Waals surface area contributed by atoms with Gasteiger partial charge in [0.25, 0.3) is 5.91 Å². The van der Waals surface area contributed by atoms with Gasteiger partial charge in [0.05, 0.1) is 4.90 Å². The number of rotatable bonds is 7. The summed E-state index contributed by atoms with van der Waals surface area (Å²) >= 11 is 0. The van der Waals surface area contributed by atoms with Crippen molar-refractivity contribution in [3.8, 4) is 0 Å². The van der Waals surface area contributed by atoms with Crippen LogP contribution >= 0.6 is 0 Å². The average Bonchev–Trinajstić information content (AvgIpc) is 2.63. The molecule has 0 saturated carbocycles. The van der Waals surface area contributed by atoms with Crippen LogP contribution in [-0.2, 0) is 37.2 Å². The molecule has 0 heterocycles. The molecule has 0 radical (unpaired) electrons. The van der Waals surface area contributed by atoms with Crippen LogP contribution < -0.4 is 15.8 Å². The normalized spacial score (nSPS) is 14.8. The molecule has 1 aromatic carbocycles. The third kappa shape index (κ3) is 5.77. The smallest absolute Gasteiger partial charge is 0.321 e. The van der Waals surface area contributed by atoms with Crippen LogP contribution in [-0.4, -0.2) is 39.0 Å². The first-order valence-electron chi connectivity index (χ1n) is 9.01. The highest BCUT2D eigenvalue weighted by Crippen LogP contribution is 2.24. The number of sulfonamides is 1. The Labute approximate surface area is 164 Å². The van der Waals surface area contributed by atoms with E-state index in [2.05, 4.69) is 4.72 Å². The van der Waals surface area contributed by atoms with Gasteiger partial charge in [0, 0.05) is 0 Å². The lowest BCUT2D eigenvalue weighted by Crippen LogP contribution is -2.46. The quantitative estimate of drug-likeness (QED) is 0.561. The van der Waals surface area contributed by atoms with Gasteiger partial charge in [0.15, 0.2) is 6.10 Å². The number of ether oxygens (including phenoxy) is 1. The zero-order valence-corrected chi connectivity index (χ0v) is 16.7. The summed E-state index contributed by atoms with van der Waals surface area (Å²) in [6.07, 6.45) is 2.59. The summed E-state index contributed by atoms with van der Waals surface area (Å²) in [7, 11) is -3.91. The van der Waals surface area contributed by atoms with Gasteiger partial charge in [-0.2, -0.15) is 4.72 Å². The summed E-state index contributed by atoms with van der Waals surface area (Å²) in [5.74, 6) is -2.26. The summed E-state index contributed by atoms with van der Waals surface area (Å²) in [5.41, 5.74) is 7.03. The maximum absolute atomic E-state index is 12.5. The lowest BCUT2D eigenvalue weighted by Gasteiger charge is -2.20. The second-order valence-corrected chi connectivity index (χ2v) is 8.74. The van der Waals surface area contributed by atoms with Crippen molar-refractivity contribution in [3.05, 3.63) is 29.3 Å². The fourth-order valence-electron chi connectivity index (χ4n) is 2.98. The maximum Gasteiger partial charge on any atom is 0.321 e. The number of imide groups is 1. The number of urea groups is 1. The van der Waals surface area contributed by atoms with Crippen molar-refractivity contribution in [1.82, 2.24) is 10.0 Å². The fourth-order valence-corrected chi connectivity index (χ4v) is 4.00. The zero-order chi connectivity index (χ0) is 20.9. The van der Waals surface area contributed by atoms with Crippen molar-refractivity contribution in [2.45, 2.75) is 50.5 Å². The molecular weight excluding hydrogens is 386 g/mol. The molecule has 28 heavy (non-hydrogen) atoms. The van der Waals surface area contributed by atoms with Gasteiger partial charge in [-0.1, -0.05) is 19.9 Å². The summed E-state index contributed by atoms with van der Waals surface area (Å²) in [5, 5.41) is 1.84. The third-order valence-corrected chi connectivity index (χ3v) is 5.80. The first-order valence-corrected chi connectivity index (χ1v) is 10.5. The highest BCUT2D eigenvalue weighted by molar-refractivity contribution is 7.89. The SMILES string of the molecule is CC(C)[C@H](OC(=O)CNS(=O)(=O)c1ccc2c(c1)CCCC2)C(=O)NC(N)=O. The summed E-state index contributed by atoms with van der Waals surface area (Å²) in [6.45, 7) is 2.57. The van der Waals surface area contributed by atoms with Crippen molar-refractivity contribution in [3.63, 3.8) is 0 Å². The van der Waals surface area contributed by atoms with Crippen LogP contribution in [0.4, 0.5) is 4.79 Å². The van der Waals surface area contributed by atoms with Gasteiger partial charge < -0.3 is 10.5 Å². The van der Waals surface area contributed by atoms with Crippen molar-refractivity contribution in [2.75, 3.05) is 6.54 Å². The van der Waals surface area contributed by atoms with Crippen molar-refractivity contribution >= 4 is 27.9 Å². The first-order chi connectivity index (χ1) is 13.1. The Morgan fingerprint density at radius 3 is 2.39 bits per heavy atom. The zero-order valence-electron chi connectivity index (χ0n) is 15.9. The van der Waals surface area contributed by atoms with Crippen LogP contribution in [0.3, 0.4) is 0 Å². The van der Waals surface area contributed by atoms with E-state index in [1.807, 2.05) is 5.32 Å². The monoisotopic (exact) mass is 411 g/mol. The van der Waals surface area contributed by atoms with Gasteiger partial charge in [-0.05, 0) is 54.9 Å². The molecule has 0 bridgehead atoms. The molecule has 0 saturated heterocycles. The number of carbonyl (C=O) groups excluding carboxylic acids is 3. The van der Waals surface area contributed by atoms with Gasteiger partial charge in [0.2, 0.25) is 10.0 Å². The Morgan fingerprint density at radius 1 is 1.14 bits per heavy atom. The number of nitrogens with two attached hydrogens (primary N) is 1. The van der Waals surface area contributed by atoms with Gasteiger partial charge in [0.1, 0.15) is 6.54 Å². The molecule has 2 rings (SSSR count). The first kappa shape index (κ1) is 21.8. The van der Waals surface area contributed by atoms with Crippen molar-refractivity contribution in [1.29, 1.82) is 0 Å². The second kappa shape index (κ2) is 9.16. The summed E-state index contributed by atoms with van der Waals surface area (Å²) in [4.78, 5) is 34.7. The highest BCUT2D eigenvalue weighted by Gasteiger charge is 2.28. The van der Waals surface area contributed by atoms with E-state index in [-0.39, 0.29) is 4.90 Å². The predicted molar refractivity (Wildman–Crippen MR) is 101 cm³/mol. The number of esters is 1. The van der Waals surface area contributed by atoms with Crippen LogP contribution in [0.2, 0.25) is 0 Å². The minimum atomic E-state index is -3.91. The standard InChI is InChI=1S/C18H25N3O6S/c1-11(2)16(17(23)21-18(19)24)27-15(22)10-20-28(25,26)14-8-7-12-5-3-4-6-13(12)9-14/h7-9,11,16,20H,3-6,10H2,1-2H3,(H3,19,21,23,24)/t16-/m0/s1. The van der Waals surface area contributed by atoms with Gasteiger partial charge in [-0.3, -0.25) is 14.9 Å². The number of carbonyl (C=O) groups is 3. The van der Waals surface area contributed by atoms with Crippen LogP contribution in [0.5, 0.6) is 0 Å². The molecule has 9 nitrogen and oxygen atoms in total. The van der Waals surface area contributed by atoms with Crippen LogP contribution in [0, 0.1) is 5.92 Å². The molecule has 0 fully saturated rings.